The topological polar surface area (TPSA) is 45.1 Å². The summed E-state index contributed by atoms with van der Waals surface area (Å²) in [7, 11) is 1.86. The second-order valence-corrected chi connectivity index (χ2v) is 7.23. The van der Waals surface area contributed by atoms with E-state index in [0.29, 0.717) is 16.3 Å². The summed E-state index contributed by atoms with van der Waals surface area (Å²) in [5.74, 6) is -1.17. The standard InChI is InChI=1S/C19H15ClINO2/c1-11-16(19(23)24)17(13-4-3-5-15(21)10-13)18(22(11)2)12-6-8-14(20)9-7-12/h3-10H,1-2H3,(H,23,24)/p-1. The van der Waals surface area contributed by atoms with Gasteiger partial charge in [0.1, 0.15) is 0 Å². The average Bonchev–Trinajstić information content (AvgIpc) is 2.80. The Hall–Kier alpha value is -1.79. The number of benzene rings is 2. The van der Waals surface area contributed by atoms with Crippen LogP contribution in [0.5, 0.6) is 0 Å². The van der Waals surface area contributed by atoms with E-state index in [9.17, 15) is 9.90 Å². The lowest BCUT2D eigenvalue weighted by atomic mass is 9.97. The van der Waals surface area contributed by atoms with Crippen LogP contribution in [0.2, 0.25) is 5.02 Å². The summed E-state index contributed by atoms with van der Waals surface area (Å²) in [5, 5.41) is 12.4. The van der Waals surface area contributed by atoms with Crippen LogP contribution in [0.3, 0.4) is 0 Å². The Balaban J connectivity index is 2.38. The number of halogens is 2. The molecule has 0 saturated heterocycles. The van der Waals surface area contributed by atoms with E-state index in [0.717, 1.165) is 20.4 Å². The van der Waals surface area contributed by atoms with Crippen LogP contribution < -0.4 is 5.11 Å². The van der Waals surface area contributed by atoms with Crippen molar-refractivity contribution in [2.75, 3.05) is 0 Å². The van der Waals surface area contributed by atoms with E-state index in [1.165, 1.54) is 0 Å². The number of carbonyl (C=O) groups is 1. The normalized spacial score (nSPS) is 10.8. The first kappa shape index (κ1) is 17.0. The molecule has 24 heavy (non-hydrogen) atoms. The summed E-state index contributed by atoms with van der Waals surface area (Å²) in [6, 6.07) is 15.2. The predicted molar refractivity (Wildman–Crippen MR) is 103 cm³/mol. The molecular weight excluding hydrogens is 437 g/mol. The first-order chi connectivity index (χ1) is 11.4. The highest BCUT2D eigenvalue weighted by molar-refractivity contribution is 14.1. The van der Waals surface area contributed by atoms with Gasteiger partial charge in [-0.15, -0.1) is 0 Å². The maximum Gasteiger partial charge on any atom is 0.0739 e. The van der Waals surface area contributed by atoms with Crippen molar-refractivity contribution in [3.63, 3.8) is 0 Å². The highest BCUT2D eigenvalue weighted by Gasteiger charge is 2.22. The van der Waals surface area contributed by atoms with Gasteiger partial charge in [0.15, 0.2) is 0 Å². The van der Waals surface area contributed by atoms with Crippen LogP contribution in [0.1, 0.15) is 16.1 Å². The van der Waals surface area contributed by atoms with Crippen molar-refractivity contribution in [3.8, 4) is 22.4 Å². The quantitative estimate of drug-likeness (QED) is 0.559. The molecular formula is C19H14ClINO2-. The van der Waals surface area contributed by atoms with Gasteiger partial charge < -0.3 is 14.5 Å². The van der Waals surface area contributed by atoms with Crippen LogP contribution in [-0.4, -0.2) is 10.5 Å². The van der Waals surface area contributed by atoms with Crippen molar-refractivity contribution in [1.29, 1.82) is 0 Å². The van der Waals surface area contributed by atoms with E-state index < -0.39 is 5.97 Å². The van der Waals surface area contributed by atoms with Crippen molar-refractivity contribution < 1.29 is 9.90 Å². The molecule has 0 aliphatic rings. The molecule has 0 spiro atoms. The number of carbonyl (C=O) groups excluding carboxylic acids is 1. The van der Waals surface area contributed by atoms with Gasteiger partial charge >= 0.3 is 0 Å². The van der Waals surface area contributed by atoms with E-state index in [2.05, 4.69) is 22.6 Å². The molecule has 0 N–H and O–H groups in total. The Morgan fingerprint density at radius 2 is 1.79 bits per heavy atom. The highest BCUT2D eigenvalue weighted by Crippen LogP contribution is 2.39. The number of hydrogen-bond donors (Lipinski definition) is 0. The van der Waals surface area contributed by atoms with Crippen molar-refractivity contribution >= 4 is 40.2 Å². The Bertz CT molecular complexity index is 929. The van der Waals surface area contributed by atoms with Gasteiger partial charge in [-0.25, -0.2) is 0 Å². The fourth-order valence-corrected chi connectivity index (χ4v) is 3.59. The second kappa shape index (κ2) is 6.61. The third-order valence-electron chi connectivity index (χ3n) is 4.12. The third-order valence-corrected chi connectivity index (χ3v) is 5.05. The third kappa shape index (κ3) is 2.96. The van der Waals surface area contributed by atoms with E-state index in [-0.39, 0.29) is 5.56 Å². The Kier molecular flexibility index (Phi) is 4.69. The minimum Gasteiger partial charge on any atom is -0.545 e. The molecule has 3 aromatic rings. The summed E-state index contributed by atoms with van der Waals surface area (Å²) in [6.45, 7) is 1.79. The van der Waals surface area contributed by atoms with Gasteiger partial charge in [0, 0.05) is 32.5 Å². The van der Waals surface area contributed by atoms with Crippen molar-refractivity contribution in [2.45, 2.75) is 6.92 Å². The van der Waals surface area contributed by atoms with Crippen LogP contribution in [-0.2, 0) is 7.05 Å². The highest BCUT2D eigenvalue weighted by atomic mass is 127. The van der Waals surface area contributed by atoms with E-state index in [1.54, 1.807) is 19.1 Å². The van der Waals surface area contributed by atoms with Crippen LogP contribution in [0.4, 0.5) is 0 Å². The zero-order chi connectivity index (χ0) is 17.4. The van der Waals surface area contributed by atoms with Crippen molar-refractivity contribution in [1.82, 2.24) is 4.57 Å². The molecule has 3 nitrogen and oxygen atoms in total. The number of carboxylic acids is 1. The first-order valence-corrected chi connectivity index (χ1v) is 8.78. The van der Waals surface area contributed by atoms with E-state index in [4.69, 9.17) is 11.6 Å². The number of carboxylic acid groups (broad SMARTS) is 1. The Labute approximate surface area is 159 Å². The van der Waals surface area contributed by atoms with E-state index in [1.807, 2.05) is 48.0 Å². The van der Waals surface area contributed by atoms with Crippen LogP contribution >= 0.6 is 34.2 Å². The molecule has 0 unspecified atom stereocenters. The SMILES string of the molecule is Cc1c(C(=O)[O-])c(-c2cccc(I)c2)c(-c2ccc(Cl)cc2)n1C. The summed E-state index contributed by atoms with van der Waals surface area (Å²) >= 11 is 8.21. The number of aromatic nitrogens is 1. The van der Waals surface area contributed by atoms with Crippen LogP contribution in [0.15, 0.2) is 48.5 Å². The number of nitrogens with zero attached hydrogens (tertiary/aromatic N) is 1. The van der Waals surface area contributed by atoms with Crippen molar-refractivity contribution in [2.24, 2.45) is 7.05 Å². The van der Waals surface area contributed by atoms with Gasteiger partial charge in [0.2, 0.25) is 0 Å². The fourth-order valence-electron chi connectivity index (χ4n) is 2.92. The maximum atomic E-state index is 11.8. The molecule has 0 amide bonds. The number of rotatable bonds is 3. The minimum atomic E-state index is -1.17. The Morgan fingerprint density at radius 3 is 2.38 bits per heavy atom. The molecule has 122 valence electrons. The summed E-state index contributed by atoms with van der Waals surface area (Å²) in [5.41, 5.74) is 4.17. The zero-order valence-electron chi connectivity index (χ0n) is 13.1. The summed E-state index contributed by atoms with van der Waals surface area (Å²) in [4.78, 5) is 11.8. The maximum absolute atomic E-state index is 11.8. The monoisotopic (exact) mass is 450 g/mol. The van der Waals surface area contributed by atoms with Gasteiger partial charge in [0.05, 0.1) is 11.7 Å². The number of aromatic carboxylic acids is 1. The molecule has 0 atom stereocenters. The molecule has 0 aliphatic heterocycles. The van der Waals surface area contributed by atoms with Gasteiger partial charge in [0.25, 0.3) is 0 Å². The minimum absolute atomic E-state index is 0.226. The molecule has 3 rings (SSSR count). The zero-order valence-corrected chi connectivity index (χ0v) is 16.1. The first-order valence-electron chi connectivity index (χ1n) is 7.32. The molecule has 0 aliphatic carbocycles. The second-order valence-electron chi connectivity index (χ2n) is 5.55. The van der Waals surface area contributed by atoms with Crippen molar-refractivity contribution in [3.05, 3.63) is 68.4 Å². The average molecular weight is 451 g/mol. The molecule has 0 radical (unpaired) electrons. The summed E-state index contributed by atoms with van der Waals surface area (Å²) in [6.07, 6.45) is 0. The largest absolute Gasteiger partial charge is 0.545 e. The molecule has 5 heteroatoms. The van der Waals surface area contributed by atoms with E-state index >= 15 is 0 Å². The van der Waals surface area contributed by atoms with Gasteiger partial charge in [-0.2, -0.15) is 0 Å². The van der Waals surface area contributed by atoms with Crippen LogP contribution in [0.25, 0.3) is 22.4 Å². The smallest absolute Gasteiger partial charge is 0.0739 e. The molecule has 0 fully saturated rings. The van der Waals surface area contributed by atoms with Gasteiger partial charge in [-0.05, 0) is 64.9 Å². The summed E-state index contributed by atoms with van der Waals surface area (Å²) < 4.78 is 2.93. The lowest BCUT2D eigenvalue weighted by Crippen LogP contribution is -2.23. The lowest BCUT2D eigenvalue weighted by Gasteiger charge is -2.11. The fraction of sp³-hybridized carbons (Fsp3) is 0.105. The molecule has 0 saturated carbocycles. The Morgan fingerprint density at radius 1 is 1.12 bits per heavy atom. The number of hydrogen-bond acceptors (Lipinski definition) is 2. The molecule has 1 heterocycles. The molecule has 0 bridgehead atoms. The van der Waals surface area contributed by atoms with Crippen LogP contribution in [0, 0.1) is 10.5 Å². The van der Waals surface area contributed by atoms with Gasteiger partial charge in [-0.1, -0.05) is 35.9 Å². The predicted octanol–water partition coefficient (Wildman–Crippen LogP) is 4.29. The molecule has 2 aromatic carbocycles. The lowest BCUT2D eigenvalue weighted by molar-refractivity contribution is -0.255. The molecule has 1 aromatic heterocycles. The van der Waals surface area contributed by atoms with Gasteiger partial charge in [-0.3, -0.25) is 0 Å².